The molecule has 1 N–H and O–H groups in total. The maximum absolute atomic E-state index is 6.53. The Balaban J connectivity index is 1.86. The normalized spacial score (nSPS) is 25.0. The van der Waals surface area contributed by atoms with Crippen molar-refractivity contribution in [2.75, 3.05) is 13.1 Å². The number of hydrogen-bond acceptors (Lipinski definition) is 3. The summed E-state index contributed by atoms with van der Waals surface area (Å²) >= 11 is 8.36. The number of thiophene rings is 1. The van der Waals surface area contributed by atoms with Crippen molar-refractivity contribution in [3.63, 3.8) is 0 Å². The van der Waals surface area contributed by atoms with E-state index in [0.29, 0.717) is 12.1 Å². The Kier molecular flexibility index (Phi) is 3.81. The van der Waals surface area contributed by atoms with Crippen LogP contribution in [-0.2, 0) is 6.54 Å². The summed E-state index contributed by atoms with van der Waals surface area (Å²) in [4.78, 5) is 3.82. The molecule has 0 bridgehead atoms. The first-order valence-corrected chi connectivity index (χ1v) is 7.98. The van der Waals surface area contributed by atoms with Crippen LogP contribution in [0.25, 0.3) is 10.1 Å². The van der Waals surface area contributed by atoms with Crippen LogP contribution < -0.4 is 5.32 Å². The number of rotatable bonds is 2. The Hall–Kier alpha value is -0.610. The van der Waals surface area contributed by atoms with Gasteiger partial charge in [0, 0.05) is 46.7 Å². The number of fused-ring (bicyclic) bond motifs is 1. The summed E-state index contributed by atoms with van der Waals surface area (Å²) in [5.41, 5.74) is 0. The summed E-state index contributed by atoms with van der Waals surface area (Å²) in [6.45, 7) is 7.63. The molecule has 2 nitrogen and oxygen atoms in total. The molecule has 1 aromatic carbocycles. The number of halogens is 1. The summed E-state index contributed by atoms with van der Waals surface area (Å²) in [6, 6.07) is 9.52. The second-order valence-electron chi connectivity index (χ2n) is 5.42. The average molecular weight is 295 g/mol. The van der Waals surface area contributed by atoms with Gasteiger partial charge in [-0.2, -0.15) is 0 Å². The fourth-order valence-corrected chi connectivity index (χ4v) is 4.19. The van der Waals surface area contributed by atoms with E-state index in [-0.39, 0.29) is 0 Å². The van der Waals surface area contributed by atoms with Gasteiger partial charge in [0.1, 0.15) is 0 Å². The zero-order chi connectivity index (χ0) is 13.4. The molecule has 19 heavy (non-hydrogen) atoms. The molecule has 0 radical (unpaired) electrons. The molecule has 1 aliphatic rings. The lowest BCUT2D eigenvalue weighted by Gasteiger charge is -2.37. The minimum Gasteiger partial charge on any atom is -0.311 e. The standard InChI is InChI=1S/C15H19ClN2S/c1-10-8-18(11(2)7-17-10)9-14-15(16)12-5-3-4-6-13(12)19-14/h3-6,10-11,17H,7-9H2,1-2H3. The van der Waals surface area contributed by atoms with Crippen LogP contribution in [0.3, 0.4) is 0 Å². The lowest BCUT2D eigenvalue weighted by Crippen LogP contribution is -2.53. The van der Waals surface area contributed by atoms with Gasteiger partial charge in [0.25, 0.3) is 0 Å². The van der Waals surface area contributed by atoms with E-state index in [9.17, 15) is 0 Å². The molecule has 2 aromatic rings. The maximum atomic E-state index is 6.53. The molecule has 1 aromatic heterocycles. The van der Waals surface area contributed by atoms with Crippen LogP contribution >= 0.6 is 22.9 Å². The second kappa shape index (κ2) is 5.41. The van der Waals surface area contributed by atoms with Gasteiger partial charge in [-0.05, 0) is 19.9 Å². The summed E-state index contributed by atoms with van der Waals surface area (Å²) in [6.07, 6.45) is 0. The highest BCUT2D eigenvalue weighted by Crippen LogP contribution is 2.36. The van der Waals surface area contributed by atoms with Crippen molar-refractivity contribution in [2.45, 2.75) is 32.5 Å². The molecular formula is C15H19ClN2S. The maximum Gasteiger partial charge on any atom is 0.0637 e. The Labute approximate surface area is 123 Å². The molecule has 0 spiro atoms. The zero-order valence-electron chi connectivity index (χ0n) is 11.3. The Bertz CT molecular complexity index is 581. The third-order valence-electron chi connectivity index (χ3n) is 3.84. The van der Waals surface area contributed by atoms with E-state index in [1.54, 1.807) is 0 Å². The fraction of sp³-hybridized carbons (Fsp3) is 0.467. The minimum absolute atomic E-state index is 0.560. The summed E-state index contributed by atoms with van der Waals surface area (Å²) in [5, 5.41) is 5.66. The first-order valence-electron chi connectivity index (χ1n) is 6.78. The molecule has 1 saturated heterocycles. The molecule has 2 heterocycles. The van der Waals surface area contributed by atoms with Gasteiger partial charge >= 0.3 is 0 Å². The van der Waals surface area contributed by atoms with E-state index in [1.807, 2.05) is 11.3 Å². The first kappa shape index (κ1) is 13.4. The Morgan fingerprint density at radius 2 is 2.16 bits per heavy atom. The average Bonchev–Trinajstić information content (AvgIpc) is 2.72. The highest BCUT2D eigenvalue weighted by molar-refractivity contribution is 7.19. The molecule has 3 rings (SSSR count). The molecule has 0 aliphatic carbocycles. The van der Waals surface area contributed by atoms with Gasteiger partial charge in [0.15, 0.2) is 0 Å². The van der Waals surface area contributed by atoms with Crippen LogP contribution in [0.4, 0.5) is 0 Å². The van der Waals surface area contributed by atoms with Crippen LogP contribution in [0.15, 0.2) is 24.3 Å². The number of nitrogens with one attached hydrogen (secondary N) is 1. The third kappa shape index (κ3) is 2.65. The summed E-state index contributed by atoms with van der Waals surface area (Å²) < 4.78 is 1.29. The van der Waals surface area contributed by atoms with Crippen LogP contribution in [0.1, 0.15) is 18.7 Å². The van der Waals surface area contributed by atoms with E-state index in [4.69, 9.17) is 11.6 Å². The topological polar surface area (TPSA) is 15.3 Å². The van der Waals surface area contributed by atoms with Crippen molar-refractivity contribution in [3.05, 3.63) is 34.2 Å². The molecule has 0 amide bonds. The molecule has 4 heteroatoms. The lowest BCUT2D eigenvalue weighted by molar-refractivity contribution is 0.140. The molecule has 1 aliphatic heterocycles. The van der Waals surface area contributed by atoms with Crippen LogP contribution in [0, 0.1) is 0 Å². The SMILES string of the molecule is CC1CN(Cc2sc3ccccc3c2Cl)C(C)CN1. The minimum atomic E-state index is 0.560. The highest BCUT2D eigenvalue weighted by atomic mass is 35.5. The van der Waals surface area contributed by atoms with Gasteiger partial charge in [-0.25, -0.2) is 0 Å². The van der Waals surface area contributed by atoms with Crippen molar-refractivity contribution in [1.82, 2.24) is 10.2 Å². The predicted octanol–water partition coefficient (Wildman–Crippen LogP) is 3.74. The molecule has 102 valence electrons. The van der Waals surface area contributed by atoms with Crippen LogP contribution in [0.2, 0.25) is 5.02 Å². The zero-order valence-corrected chi connectivity index (χ0v) is 12.9. The molecule has 2 unspecified atom stereocenters. The summed E-state index contributed by atoms with van der Waals surface area (Å²) in [7, 11) is 0. The molecule has 2 atom stereocenters. The monoisotopic (exact) mass is 294 g/mol. The van der Waals surface area contributed by atoms with Crippen molar-refractivity contribution >= 4 is 33.0 Å². The molecule has 0 saturated carbocycles. The quantitative estimate of drug-likeness (QED) is 0.908. The molecule has 1 fully saturated rings. The Morgan fingerprint density at radius 3 is 2.95 bits per heavy atom. The fourth-order valence-electron chi connectivity index (χ4n) is 2.67. The van der Waals surface area contributed by atoms with Crippen LogP contribution in [0.5, 0.6) is 0 Å². The number of hydrogen-bond donors (Lipinski definition) is 1. The van der Waals surface area contributed by atoms with E-state index < -0.39 is 0 Å². The van der Waals surface area contributed by atoms with Crippen molar-refractivity contribution in [1.29, 1.82) is 0 Å². The van der Waals surface area contributed by atoms with E-state index in [0.717, 1.165) is 24.7 Å². The van der Waals surface area contributed by atoms with E-state index >= 15 is 0 Å². The number of nitrogens with zero attached hydrogens (tertiary/aromatic N) is 1. The lowest BCUT2D eigenvalue weighted by atomic mass is 10.1. The predicted molar refractivity (Wildman–Crippen MR) is 84.2 cm³/mol. The second-order valence-corrected chi connectivity index (χ2v) is 6.94. The molecular weight excluding hydrogens is 276 g/mol. The third-order valence-corrected chi connectivity index (χ3v) is 5.54. The number of piperazine rings is 1. The van der Waals surface area contributed by atoms with Crippen molar-refractivity contribution in [3.8, 4) is 0 Å². The van der Waals surface area contributed by atoms with E-state index in [1.165, 1.54) is 15.0 Å². The van der Waals surface area contributed by atoms with Gasteiger partial charge in [0.2, 0.25) is 0 Å². The van der Waals surface area contributed by atoms with Gasteiger partial charge in [-0.15, -0.1) is 11.3 Å². The van der Waals surface area contributed by atoms with Gasteiger partial charge < -0.3 is 5.32 Å². The number of benzene rings is 1. The van der Waals surface area contributed by atoms with Crippen LogP contribution in [-0.4, -0.2) is 30.1 Å². The smallest absolute Gasteiger partial charge is 0.0637 e. The van der Waals surface area contributed by atoms with Gasteiger partial charge in [0.05, 0.1) is 5.02 Å². The van der Waals surface area contributed by atoms with E-state index in [2.05, 4.69) is 48.3 Å². The van der Waals surface area contributed by atoms with Gasteiger partial charge in [-0.1, -0.05) is 29.8 Å². The van der Waals surface area contributed by atoms with Crippen molar-refractivity contribution < 1.29 is 0 Å². The van der Waals surface area contributed by atoms with Crippen molar-refractivity contribution in [2.24, 2.45) is 0 Å². The highest BCUT2D eigenvalue weighted by Gasteiger charge is 2.24. The van der Waals surface area contributed by atoms with Gasteiger partial charge in [-0.3, -0.25) is 4.90 Å². The summed E-state index contributed by atoms with van der Waals surface area (Å²) in [5.74, 6) is 0. The Morgan fingerprint density at radius 1 is 1.37 bits per heavy atom. The largest absolute Gasteiger partial charge is 0.311 e. The first-order chi connectivity index (χ1) is 9.15.